The lowest BCUT2D eigenvalue weighted by atomic mass is 9.99. The average Bonchev–Trinajstić information content (AvgIpc) is 2.54. The molecule has 22 heavy (non-hydrogen) atoms. The Morgan fingerprint density at radius 1 is 1.32 bits per heavy atom. The first kappa shape index (κ1) is 16.6. The van der Waals surface area contributed by atoms with Crippen LogP contribution in [0, 0.1) is 5.92 Å². The maximum Gasteiger partial charge on any atom is 0.241 e. The maximum atomic E-state index is 12.2. The van der Waals surface area contributed by atoms with E-state index in [-0.39, 0.29) is 5.91 Å². The summed E-state index contributed by atoms with van der Waals surface area (Å²) in [6.07, 6.45) is 2.21. The summed E-state index contributed by atoms with van der Waals surface area (Å²) in [5.41, 5.74) is 0.897. The van der Waals surface area contributed by atoms with Crippen LogP contribution in [0.15, 0.2) is 24.3 Å². The van der Waals surface area contributed by atoms with Crippen molar-refractivity contribution in [2.75, 3.05) is 45.3 Å². The highest BCUT2D eigenvalue weighted by Crippen LogP contribution is 2.18. The first-order valence-electron chi connectivity index (χ1n) is 7.92. The van der Waals surface area contributed by atoms with E-state index in [1.165, 1.54) is 0 Å². The van der Waals surface area contributed by atoms with E-state index in [9.17, 15) is 4.79 Å². The number of amides is 1. The molecule has 0 unspecified atom stereocenters. The molecule has 122 valence electrons. The first-order valence-corrected chi connectivity index (χ1v) is 7.92. The number of hydrogen-bond donors (Lipinski definition) is 1. The number of carbonyl (C=O) groups is 1. The summed E-state index contributed by atoms with van der Waals surface area (Å²) < 4.78 is 10.5. The van der Waals surface area contributed by atoms with Crippen LogP contribution in [0.25, 0.3) is 0 Å². The summed E-state index contributed by atoms with van der Waals surface area (Å²) in [6, 6.07) is 7.65. The van der Waals surface area contributed by atoms with Gasteiger partial charge in [-0.2, -0.15) is 0 Å². The van der Waals surface area contributed by atoms with Crippen molar-refractivity contribution >= 4 is 11.6 Å². The van der Waals surface area contributed by atoms with Crippen molar-refractivity contribution in [3.8, 4) is 5.75 Å². The molecule has 0 aromatic heterocycles. The number of rotatable bonds is 7. The zero-order valence-electron chi connectivity index (χ0n) is 13.5. The molecular weight excluding hydrogens is 280 g/mol. The molecule has 5 heteroatoms. The predicted octanol–water partition coefficient (Wildman–Crippen LogP) is 2.38. The van der Waals surface area contributed by atoms with Crippen LogP contribution in [0.1, 0.15) is 19.8 Å². The van der Waals surface area contributed by atoms with Gasteiger partial charge in [0.1, 0.15) is 12.4 Å². The number of nitrogens with zero attached hydrogens (tertiary/aromatic N) is 1. The number of piperidine rings is 1. The third-order valence-electron chi connectivity index (χ3n) is 3.97. The fraction of sp³-hybridized carbons (Fsp3) is 0.588. The highest BCUT2D eigenvalue weighted by atomic mass is 16.5. The predicted molar refractivity (Wildman–Crippen MR) is 87.3 cm³/mol. The number of anilines is 1. The van der Waals surface area contributed by atoms with Crippen molar-refractivity contribution in [3.63, 3.8) is 0 Å². The minimum atomic E-state index is 0.164. The summed E-state index contributed by atoms with van der Waals surface area (Å²) in [4.78, 5) is 14.1. The van der Waals surface area contributed by atoms with Gasteiger partial charge in [0, 0.05) is 32.0 Å². The average molecular weight is 306 g/mol. The van der Waals surface area contributed by atoms with E-state index in [4.69, 9.17) is 9.47 Å². The minimum absolute atomic E-state index is 0.164. The molecule has 1 saturated heterocycles. The lowest BCUT2D eigenvalue weighted by molar-refractivity contribution is -0.130. The second-order valence-electron chi connectivity index (χ2n) is 5.79. The van der Waals surface area contributed by atoms with Gasteiger partial charge in [-0.05, 0) is 30.9 Å². The Balaban J connectivity index is 1.78. The van der Waals surface area contributed by atoms with E-state index in [1.54, 1.807) is 7.11 Å². The Labute approximate surface area is 132 Å². The fourth-order valence-electron chi connectivity index (χ4n) is 2.49. The molecule has 0 atom stereocenters. The smallest absolute Gasteiger partial charge is 0.241 e. The monoisotopic (exact) mass is 306 g/mol. The van der Waals surface area contributed by atoms with Gasteiger partial charge in [0.2, 0.25) is 5.91 Å². The van der Waals surface area contributed by atoms with Crippen molar-refractivity contribution in [1.82, 2.24) is 4.90 Å². The van der Waals surface area contributed by atoms with E-state index in [1.807, 2.05) is 29.2 Å². The van der Waals surface area contributed by atoms with Crippen LogP contribution in [0.2, 0.25) is 0 Å². The molecule has 1 aliphatic rings. The molecule has 1 fully saturated rings. The van der Waals surface area contributed by atoms with E-state index in [0.717, 1.165) is 43.3 Å². The number of carbonyl (C=O) groups excluding carboxylic acids is 1. The summed E-state index contributed by atoms with van der Waals surface area (Å²) >= 11 is 0. The molecule has 1 aromatic rings. The Kier molecular flexibility index (Phi) is 6.52. The molecule has 0 radical (unpaired) electrons. The molecule has 0 saturated carbocycles. The van der Waals surface area contributed by atoms with Crippen LogP contribution < -0.4 is 10.1 Å². The number of nitrogens with one attached hydrogen (secondary N) is 1. The second-order valence-corrected chi connectivity index (χ2v) is 5.79. The van der Waals surface area contributed by atoms with Crippen molar-refractivity contribution in [2.24, 2.45) is 5.92 Å². The van der Waals surface area contributed by atoms with E-state index in [2.05, 4.69) is 12.2 Å². The molecular formula is C17H26N2O3. The summed E-state index contributed by atoms with van der Waals surface area (Å²) in [5, 5.41) is 3.18. The highest BCUT2D eigenvalue weighted by molar-refractivity contribution is 5.81. The van der Waals surface area contributed by atoms with Gasteiger partial charge in [0.25, 0.3) is 0 Å². The molecule has 2 rings (SSSR count). The second kappa shape index (κ2) is 8.63. The molecule has 0 aliphatic carbocycles. The first-order chi connectivity index (χ1) is 10.7. The van der Waals surface area contributed by atoms with Gasteiger partial charge < -0.3 is 19.7 Å². The zero-order valence-corrected chi connectivity index (χ0v) is 13.5. The fourth-order valence-corrected chi connectivity index (χ4v) is 2.49. The van der Waals surface area contributed by atoms with Gasteiger partial charge in [-0.1, -0.05) is 13.0 Å². The summed E-state index contributed by atoms with van der Waals surface area (Å²) in [5.74, 6) is 1.68. The zero-order chi connectivity index (χ0) is 15.8. The van der Waals surface area contributed by atoms with Crippen LogP contribution in [0.4, 0.5) is 5.69 Å². The Hall–Kier alpha value is -1.75. The largest absolute Gasteiger partial charge is 0.491 e. The molecule has 0 bridgehead atoms. The molecule has 1 amide bonds. The third-order valence-corrected chi connectivity index (χ3v) is 3.97. The van der Waals surface area contributed by atoms with Crippen LogP contribution in [0.3, 0.4) is 0 Å². The highest BCUT2D eigenvalue weighted by Gasteiger charge is 2.19. The van der Waals surface area contributed by atoms with Gasteiger partial charge in [0.15, 0.2) is 0 Å². The van der Waals surface area contributed by atoms with Gasteiger partial charge in [-0.15, -0.1) is 0 Å². The van der Waals surface area contributed by atoms with Gasteiger partial charge in [0.05, 0.1) is 13.2 Å². The quantitative estimate of drug-likeness (QED) is 0.786. The standard InChI is InChI=1S/C17H26N2O3/c1-14-6-8-19(9-7-14)17(20)13-18-15-4-3-5-16(12-15)22-11-10-21-2/h3-5,12,14,18H,6-11,13H2,1-2H3. The van der Waals surface area contributed by atoms with E-state index in [0.29, 0.717) is 19.8 Å². The van der Waals surface area contributed by atoms with E-state index < -0.39 is 0 Å². The van der Waals surface area contributed by atoms with Gasteiger partial charge in [-0.3, -0.25) is 4.79 Å². The summed E-state index contributed by atoms with van der Waals surface area (Å²) in [6.45, 7) is 5.41. The Morgan fingerprint density at radius 3 is 2.82 bits per heavy atom. The molecule has 1 N–H and O–H groups in total. The minimum Gasteiger partial charge on any atom is -0.491 e. The molecule has 1 heterocycles. The van der Waals surface area contributed by atoms with Crippen molar-refractivity contribution < 1.29 is 14.3 Å². The van der Waals surface area contributed by atoms with Gasteiger partial charge >= 0.3 is 0 Å². The number of methoxy groups -OCH3 is 1. The molecule has 1 aromatic carbocycles. The lowest BCUT2D eigenvalue weighted by Gasteiger charge is -2.30. The normalized spacial score (nSPS) is 15.6. The van der Waals surface area contributed by atoms with Gasteiger partial charge in [-0.25, -0.2) is 0 Å². The molecule has 5 nitrogen and oxygen atoms in total. The Morgan fingerprint density at radius 2 is 2.09 bits per heavy atom. The SMILES string of the molecule is COCCOc1cccc(NCC(=O)N2CCC(C)CC2)c1. The van der Waals surface area contributed by atoms with Crippen LogP contribution in [-0.4, -0.2) is 50.8 Å². The number of likely N-dealkylation sites (tertiary alicyclic amines) is 1. The van der Waals surface area contributed by atoms with Crippen molar-refractivity contribution in [2.45, 2.75) is 19.8 Å². The third kappa shape index (κ3) is 5.22. The molecule has 0 spiro atoms. The number of hydrogen-bond acceptors (Lipinski definition) is 4. The van der Waals surface area contributed by atoms with Crippen LogP contribution in [-0.2, 0) is 9.53 Å². The van der Waals surface area contributed by atoms with E-state index >= 15 is 0 Å². The van der Waals surface area contributed by atoms with Crippen LogP contribution >= 0.6 is 0 Å². The maximum absolute atomic E-state index is 12.2. The Bertz CT molecular complexity index is 471. The van der Waals surface area contributed by atoms with Crippen LogP contribution in [0.5, 0.6) is 5.75 Å². The van der Waals surface area contributed by atoms with Crippen molar-refractivity contribution in [1.29, 1.82) is 0 Å². The lowest BCUT2D eigenvalue weighted by Crippen LogP contribution is -2.40. The van der Waals surface area contributed by atoms with Crippen molar-refractivity contribution in [3.05, 3.63) is 24.3 Å². The number of ether oxygens (including phenoxy) is 2. The summed E-state index contributed by atoms with van der Waals surface area (Å²) in [7, 11) is 1.65. The number of benzene rings is 1. The topological polar surface area (TPSA) is 50.8 Å². The molecule has 1 aliphatic heterocycles.